The number of amides is 1. The van der Waals surface area contributed by atoms with Gasteiger partial charge in [-0.1, -0.05) is 23.6 Å². The molecule has 3 aromatic heterocycles. The van der Waals surface area contributed by atoms with Gasteiger partial charge in [-0.2, -0.15) is 19.0 Å². The van der Waals surface area contributed by atoms with Crippen LogP contribution in [-0.2, 0) is 48.3 Å². The van der Waals surface area contributed by atoms with Gasteiger partial charge in [0.25, 0.3) is 12.3 Å². The number of benzene rings is 2. The van der Waals surface area contributed by atoms with E-state index < -0.39 is 113 Å². The number of sulfonamides is 1. The quantitative estimate of drug-likeness (QED) is 0.0840. The Balaban J connectivity index is 1.14. The van der Waals surface area contributed by atoms with Crippen LogP contribution < -0.4 is 10.0 Å². The molecule has 3 atom stereocenters. The van der Waals surface area contributed by atoms with Crippen LogP contribution in [0.3, 0.4) is 0 Å². The molecule has 4 heterocycles. The second-order valence-electron chi connectivity index (χ2n) is 18.1. The number of alkyl halides is 4. The maximum Gasteiger partial charge on any atom is 0.293 e. The third-order valence-electron chi connectivity index (χ3n) is 12.8. The highest BCUT2D eigenvalue weighted by Gasteiger charge is 2.67. The van der Waals surface area contributed by atoms with Crippen molar-refractivity contribution < 1.29 is 52.7 Å². The molecule has 1 aliphatic heterocycles. The highest BCUT2D eigenvalue weighted by molar-refractivity contribution is 7.94. The van der Waals surface area contributed by atoms with E-state index in [9.17, 15) is 39.2 Å². The maximum atomic E-state index is 15.6. The number of rotatable bonds is 14. The summed E-state index contributed by atoms with van der Waals surface area (Å²) in [5.74, 6) is -2.87. The molecule has 4 aliphatic carbocycles. The molecule has 2 N–H and O–H groups in total. The Labute approximate surface area is 379 Å². The Morgan fingerprint density at radius 2 is 1.65 bits per heavy atom. The summed E-state index contributed by atoms with van der Waals surface area (Å²) in [5, 5.41) is 10.3. The number of pyridine rings is 1. The van der Waals surface area contributed by atoms with E-state index in [1.807, 2.05) is 0 Å². The highest BCUT2D eigenvalue weighted by Crippen LogP contribution is 2.68. The predicted octanol–water partition coefficient (Wildman–Crippen LogP) is 7.66. The Bertz CT molecular complexity index is 3140. The molecule has 13 nitrogen and oxygen atoms in total. The first-order valence-corrected chi connectivity index (χ1v) is 24.7. The minimum absolute atomic E-state index is 0.000220. The molecule has 10 rings (SSSR count). The molecule has 0 radical (unpaired) electrons. The number of halogens is 7. The lowest BCUT2D eigenvalue weighted by Crippen LogP contribution is -2.35. The van der Waals surface area contributed by atoms with Crippen LogP contribution in [0.2, 0.25) is 5.02 Å². The molecule has 1 amide bonds. The van der Waals surface area contributed by atoms with Crippen LogP contribution in [0.25, 0.3) is 22.0 Å². The fourth-order valence-electron chi connectivity index (χ4n) is 9.00. The zero-order valence-electron chi connectivity index (χ0n) is 35.1. The molecular weight excluding hydrogens is 936 g/mol. The van der Waals surface area contributed by atoms with Crippen molar-refractivity contribution in [3.05, 3.63) is 93.0 Å². The van der Waals surface area contributed by atoms with Gasteiger partial charge in [0, 0.05) is 28.7 Å². The smallest absolute Gasteiger partial charge is 0.293 e. The van der Waals surface area contributed by atoms with E-state index in [1.165, 1.54) is 26.0 Å². The Morgan fingerprint density at radius 3 is 2.29 bits per heavy atom. The van der Waals surface area contributed by atoms with Crippen LogP contribution >= 0.6 is 11.6 Å². The van der Waals surface area contributed by atoms with Crippen molar-refractivity contribution in [3.8, 4) is 23.0 Å². The Kier molecular flexibility index (Phi) is 10.6. The maximum absolute atomic E-state index is 15.6. The highest BCUT2D eigenvalue weighted by atomic mass is 35.5. The second kappa shape index (κ2) is 15.7. The standard InChI is InChI=1S/C44H40ClF6N7O6S2/c1-43(2,65(60,61)26-4-5-26)12-11-24-3-8-28(29-9-10-32(45)36-39(29)58(25-19-64-20-25)55-42(36)56-66(62,63)27-6-7-27)37(52-24)33(15-21-13-22(46)16-23(47)14-21)53-34(59)18-57-40-35(38(54-57)41(48)49)30-17-31(30)44(40,50)51/h3,8-10,13-14,16,25-27,30-31,33,41H,4-7,15,17-20H2,1-2H3,(H,53,59)(H,55,56)/t30-,31+,33-/m0/s1. The van der Waals surface area contributed by atoms with Crippen molar-refractivity contribution in [1.82, 2.24) is 29.9 Å². The number of carbonyl (C=O) groups is 1. The van der Waals surface area contributed by atoms with Gasteiger partial charge in [0.15, 0.2) is 15.7 Å². The Hall–Kier alpha value is -5.17. The molecule has 2 aromatic carbocycles. The van der Waals surface area contributed by atoms with Gasteiger partial charge in [0.05, 0.1) is 57.4 Å². The summed E-state index contributed by atoms with van der Waals surface area (Å²) in [5.41, 5.74) is -1.00. The molecule has 0 spiro atoms. The SMILES string of the molecule is CC(C)(C#Cc1ccc(-c2ccc(Cl)c3c(NS(=O)(=O)C4CC4)nn(C4COC4)c23)c([C@H](Cc2cc(F)cc(F)c2)NC(=O)Cn2nc(C(F)F)c3c2C(F)(F)[C@@H]2C[C@H]32)n1)S(=O)(=O)C1CC1. The molecule has 66 heavy (non-hydrogen) atoms. The normalized spacial score (nSPS) is 20.6. The number of hydrogen-bond donors (Lipinski definition) is 2. The summed E-state index contributed by atoms with van der Waals surface area (Å²) in [6, 6.07) is 7.04. The Morgan fingerprint density at radius 1 is 0.970 bits per heavy atom. The van der Waals surface area contributed by atoms with Gasteiger partial charge in [0.1, 0.15) is 40.0 Å². The monoisotopic (exact) mass is 975 g/mol. The summed E-state index contributed by atoms with van der Waals surface area (Å²) < 4.78 is 151. The van der Waals surface area contributed by atoms with Crippen LogP contribution in [0, 0.1) is 29.4 Å². The number of fused-ring (bicyclic) bond motifs is 4. The summed E-state index contributed by atoms with van der Waals surface area (Å²) in [7, 11) is -7.57. The number of carbonyl (C=O) groups excluding carboxylic acids is 1. The van der Waals surface area contributed by atoms with E-state index in [4.69, 9.17) is 21.3 Å². The second-order valence-corrected chi connectivity index (χ2v) is 23.2. The van der Waals surface area contributed by atoms with Crippen molar-refractivity contribution in [2.45, 2.75) is 105 Å². The minimum Gasteiger partial charge on any atom is -0.377 e. The van der Waals surface area contributed by atoms with E-state index in [0.717, 1.165) is 12.1 Å². The average molecular weight is 976 g/mol. The zero-order valence-corrected chi connectivity index (χ0v) is 37.5. The number of anilines is 1. The van der Waals surface area contributed by atoms with Crippen molar-refractivity contribution in [1.29, 1.82) is 0 Å². The number of nitrogens with one attached hydrogen (secondary N) is 2. The van der Waals surface area contributed by atoms with Gasteiger partial charge in [0.2, 0.25) is 15.9 Å². The molecule has 5 aliphatic rings. The lowest BCUT2D eigenvalue weighted by molar-refractivity contribution is -0.123. The lowest BCUT2D eigenvalue weighted by Gasteiger charge is -2.28. The number of nitrogens with zero attached hydrogens (tertiary/aromatic N) is 5. The molecule has 0 unspecified atom stereocenters. The van der Waals surface area contributed by atoms with Crippen LogP contribution in [0.5, 0.6) is 0 Å². The van der Waals surface area contributed by atoms with Gasteiger partial charge >= 0.3 is 0 Å². The van der Waals surface area contributed by atoms with Crippen LogP contribution in [-0.4, -0.2) is 75.7 Å². The van der Waals surface area contributed by atoms with Crippen LogP contribution in [0.15, 0.2) is 42.5 Å². The van der Waals surface area contributed by atoms with Crippen molar-refractivity contribution >= 4 is 54.1 Å². The topological polar surface area (TPSA) is 167 Å². The van der Waals surface area contributed by atoms with Crippen LogP contribution in [0.1, 0.15) is 104 Å². The van der Waals surface area contributed by atoms with Gasteiger partial charge in [-0.05, 0) is 100 Å². The molecular formula is C44H40ClF6N7O6S2. The van der Waals surface area contributed by atoms with Crippen molar-refractivity contribution in [2.24, 2.45) is 5.92 Å². The summed E-state index contributed by atoms with van der Waals surface area (Å²) >= 11 is 6.84. The fraction of sp³-hybridized carbons (Fsp3) is 0.455. The van der Waals surface area contributed by atoms with E-state index in [-0.39, 0.29) is 63.9 Å². The van der Waals surface area contributed by atoms with E-state index >= 15 is 8.78 Å². The van der Waals surface area contributed by atoms with Crippen molar-refractivity contribution in [2.75, 3.05) is 17.9 Å². The van der Waals surface area contributed by atoms with Crippen LogP contribution in [0.4, 0.5) is 32.2 Å². The third-order valence-corrected chi connectivity index (χ3v) is 17.9. The first-order chi connectivity index (χ1) is 31.1. The molecule has 3 saturated carbocycles. The van der Waals surface area contributed by atoms with Gasteiger partial charge in [-0.3, -0.25) is 18.9 Å². The number of aromatic nitrogens is 5. The first-order valence-electron chi connectivity index (χ1n) is 21.2. The molecule has 1 saturated heterocycles. The molecule has 5 aromatic rings. The average Bonchev–Trinajstić information content (AvgIpc) is 4.10. The van der Waals surface area contributed by atoms with Crippen molar-refractivity contribution in [3.63, 3.8) is 0 Å². The van der Waals surface area contributed by atoms with Gasteiger partial charge in [-0.25, -0.2) is 39.4 Å². The number of sulfone groups is 1. The lowest BCUT2D eigenvalue weighted by atomic mass is 9.93. The fourth-order valence-corrected chi connectivity index (χ4v) is 12.4. The predicted molar refractivity (Wildman–Crippen MR) is 229 cm³/mol. The van der Waals surface area contributed by atoms with E-state index in [2.05, 4.69) is 32.1 Å². The number of hydrogen-bond acceptors (Lipinski definition) is 9. The van der Waals surface area contributed by atoms with Gasteiger partial charge < -0.3 is 10.1 Å². The largest absolute Gasteiger partial charge is 0.377 e. The van der Waals surface area contributed by atoms with Gasteiger partial charge in [-0.15, -0.1) is 0 Å². The summed E-state index contributed by atoms with van der Waals surface area (Å²) in [6.45, 7) is 2.38. The van der Waals surface area contributed by atoms with E-state index in [0.29, 0.717) is 47.5 Å². The molecule has 22 heteroatoms. The molecule has 4 fully saturated rings. The number of ether oxygens (including phenoxy) is 1. The zero-order chi connectivity index (χ0) is 46.8. The third kappa shape index (κ3) is 7.80. The van der Waals surface area contributed by atoms with E-state index in [1.54, 1.807) is 16.8 Å². The molecule has 348 valence electrons. The summed E-state index contributed by atoms with van der Waals surface area (Å²) in [6.07, 6.45) is -1.68. The first kappa shape index (κ1) is 44.7. The molecule has 0 bridgehead atoms. The summed E-state index contributed by atoms with van der Waals surface area (Å²) in [4.78, 5) is 19.1. The minimum atomic E-state index is -3.87.